The van der Waals surface area contributed by atoms with Crippen molar-refractivity contribution in [3.05, 3.63) is 0 Å². The van der Waals surface area contributed by atoms with Crippen LogP contribution >= 0.6 is 11.8 Å². The Morgan fingerprint density at radius 3 is 2.19 bits per heavy atom. The standard InChI is InChI=1S/C14H25N5O7S/c1-27-3-2-8(19-12(23)7(15)4-10(16)21)13(24)17-5-11(22)18-9(6-20)14(25)26/h7-9,20H,2-6,15H2,1H3,(H2,16,21)(H,17,24)(H,18,22)(H,19,23)(H,25,26). The molecule has 4 amide bonds. The number of hydrogen-bond acceptors (Lipinski definition) is 8. The smallest absolute Gasteiger partial charge is 0.328 e. The fourth-order valence-corrected chi connectivity index (χ4v) is 2.29. The lowest BCUT2D eigenvalue weighted by Gasteiger charge is -2.20. The number of carbonyl (C=O) groups excluding carboxylic acids is 4. The van der Waals surface area contributed by atoms with Gasteiger partial charge in [-0.2, -0.15) is 11.8 Å². The summed E-state index contributed by atoms with van der Waals surface area (Å²) in [6, 6.07) is -3.71. The minimum Gasteiger partial charge on any atom is -0.480 e. The third kappa shape index (κ3) is 10.4. The summed E-state index contributed by atoms with van der Waals surface area (Å²) in [5, 5.41) is 24.3. The van der Waals surface area contributed by atoms with Crippen LogP contribution in [-0.4, -0.2) is 83.1 Å². The Bertz CT molecular complexity index is 560. The Morgan fingerprint density at radius 2 is 1.70 bits per heavy atom. The first-order valence-corrected chi connectivity index (χ1v) is 9.25. The first-order chi connectivity index (χ1) is 12.6. The molecule has 9 N–H and O–H groups in total. The van der Waals surface area contributed by atoms with Crippen LogP contribution in [0.4, 0.5) is 0 Å². The van der Waals surface area contributed by atoms with Crippen molar-refractivity contribution in [2.24, 2.45) is 11.5 Å². The van der Waals surface area contributed by atoms with Gasteiger partial charge >= 0.3 is 5.97 Å². The number of hydrogen-bond donors (Lipinski definition) is 7. The van der Waals surface area contributed by atoms with Gasteiger partial charge in [-0.05, 0) is 18.4 Å². The van der Waals surface area contributed by atoms with Gasteiger partial charge in [0.2, 0.25) is 23.6 Å². The molecule has 0 bridgehead atoms. The Labute approximate surface area is 159 Å². The topological polar surface area (TPSA) is 214 Å². The van der Waals surface area contributed by atoms with Gasteiger partial charge in [0, 0.05) is 0 Å². The summed E-state index contributed by atoms with van der Waals surface area (Å²) in [4.78, 5) is 57.4. The van der Waals surface area contributed by atoms with Gasteiger partial charge in [-0.15, -0.1) is 0 Å². The highest BCUT2D eigenvalue weighted by molar-refractivity contribution is 7.98. The number of rotatable bonds is 13. The molecule has 0 aliphatic heterocycles. The van der Waals surface area contributed by atoms with Crippen LogP contribution < -0.4 is 27.4 Å². The molecule has 0 heterocycles. The van der Waals surface area contributed by atoms with E-state index < -0.39 is 60.9 Å². The van der Waals surface area contributed by atoms with E-state index in [4.69, 9.17) is 21.7 Å². The zero-order chi connectivity index (χ0) is 21.0. The minimum absolute atomic E-state index is 0.234. The Kier molecular flexibility index (Phi) is 11.8. The maximum absolute atomic E-state index is 12.2. The van der Waals surface area contributed by atoms with Crippen LogP contribution in [0.1, 0.15) is 12.8 Å². The molecule has 0 aliphatic rings. The first-order valence-electron chi connectivity index (χ1n) is 7.86. The number of carboxylic acids is 1. The highest BCUT2D eigenvalue weighted by Gasteiger charge is 2.25. The summed E-state index contributed by atoms with van der Waals surface area (Å²) < 4.78 is 0. The van der Waals surface area contributed by atoms with E-state index in [0.29, 0.717) is 5.75 Å². The lowest BCUT2D eigenvalue weighted by Crippen LogP contribution is -2.54. The number of aliphatic hydroxyl groups excluding tert-OH is 1. The van der Waals surface area contributed by atoms with Crippen molar-refractivity contribution in [1.29, 1.82) is 0 Å². The van der Waals surface area contributed by atoms with Gasteiger partial charge in [-0.1, -0.05) is 0 Å². The van der Waals surface area contributed by atoms with Gasteiger partial charge in [0.15, 0.2) is 0 Å². The number of aliphatic hydroxyl groups is 1. The number of aliphatic carboxylic acids is 1. The SMILES string of the molecule is CSCCC(NC(=O)C(N)CC(N)=O)C(=O)NCC(=O)NC(CO)C(=O)O. The van der Waals surface area contributed by atoms with Crippen LogP contribution in [-0.2, 0) is 24.0 Å². The van der Waals surface area contributed by atoms with Crippen molar-refractivity contribution in [2.75, 3.05) is 25.2 Å². The second-order valence-electron chi connectivity index (χ2n) is 5.48. The van der Waals surface area contributed by atoms with Gasteiger partial charge < -0.3 is 37.6 Å². The molecule has 0 aromatic heterocycles. The number of nitrogens with two attached hydrogens (primary N) is 2. The molecular weight excluding hydrogens is 382 g/mol. The molecule has 27 heavy (non-hydrogen) atoms. The average molecular weight is 407 g/mol. The normalized spacial score (nSPS) is 13.7. The van der Waals surface area contributed by atoms with Crippen LogP contribution in [0.25, 0.3) is 0 Å². The molecule has 0 fully saturated rings. The molecular formula is C14H25N5O7S. The number of primary amides is 1. The zero-order valence-corrected chi connectivity index (χ0v) is 15.6. The monoisotopic (exact) mass is 407 g/mol. The maximum Gasteiger partial charge on any atom is 0.328 e. The molecule has 13 heteroatoms. The third-order valence-electron chi connectivity index (χ3n) is 3.24. The quantitative estimate of drug-likeness (QED) is 0.159. The molecule has 0 radical (unpaired) electrons. The zero-order valence-electron chi connectivity index (χ0n) is 14.8. The summed E-state index contributed by atoms with van der Waals surface area (Å²) in [5.74, 6) is -3.94. The van der Waals surface area contributed by atoms with Gasteiger partial charge in [0.1, 0.15) is 12.1 Å². The Hall–Kier alpha value is -2.38. The summed E-state index contributed by atoms with van der Waals surface area (Å²) in [5.41, 5.74) is 10.5. The van der Waals surface area contributed by atoms with E-state index in [0.717, 1.165) is 0 Å². The first kappa shape index (κ1) is 24.6. The minimum atomic E-state index is -1.49. The molecule has 0 rings (SSSR count). The van der Waals surface area contributed by atoms with Crippen molar-refractivity contribution in [1.82, 2.24) is 16.0 Å². The number of carboxylic acid groups (broad SMARTS) is 1. The molecule has 3 unspecified atom stereocenters. The van der Waals surface area contributed by atoms with E-state index in [1.807, 2.05) is 5.32 Å². The van der Waals surface area contributed by atoms with E-state index in [9.17, 15) is 24.0 Å². The molecule has 12 nitrogen and oxygen atoms in total. The predicted octanol–water partition coefficient (Wildman–Crippen LogP) is -3.90. The number of carbonyl (C=O) groups is 5. The highest BCUT2D eigenvalue weighted by Crippen LogP contribution is 2.02. The summed E-state index contributed by atoms with van der Waals surface area (Å²) in [7, 11) is 0. The summed E-state index contributed by atoms with van der Waals surface area (Å²) in [6.45, 7) is -1.36. The fourth-order valence-electron chi connectivity index (χ4n) is 1.81. The number of nitrogens with one attached hydrogen (secondary N) is 3. The van der Waals surface area contributed by atoms with Crippen LogP contribution in [0.3, 0.4) is 0 Å². The Morgan fingerprint density at radius 1 is 1.07 bits per heavy atom. The third-order valence-corrected chi connectivity index (χ3v) is 3.88. The lowest BCUT2D eigenvalue weighted by molar-refractivity contribution is -0.142. The second kappa shape index (κ2) is 12.9. The van der Waals surface area contributed by atoms with E-state index in [1.54, 1.807) is 6.26 Å². The average Bonchev–Trinajstić information content (AvgIpc) is 2.59. The van der Waals surface area contributed by atoms with Crippen molar-refractivity contribution in [3.8, 4) is 0 Å². The number of thioether (sulfide) groups is 1. The molecule has 0 saturated carbocycles. The maximum atomic E-state index is 12.2. The number of amides is 4. The van der Waals surface area contributed by atoms with E-state index in [2.05, 4.69) is 10.6 Å². The highest BCUT2D eigenvalue weighted by atomic mass is 32.2. The van der Waals surface area contributed by atoms with Crippen LogP contribution in [0.15, 0.2) is 0 Å². The fraction of sp³-hybridized carbons (Fsp3) is 0.643. The van der Waals surface area contributed by atoms with E-state index in [-0.39, 0.29) is 12.8 Å². The van der Waals surface area contributed by atoms with Crippen molar-refractivity contribution >= 4 is 41.4 Å². The summed E-state index contributed by atoms with van der Waals surface area (Å²) >= 11 is 1.42. The predicted molar refractivity (Wildman–Crippen MR) is 96.4 cm³/mol. The molecule has 0 saturated heterocycles. The molecule has 3 atom stereocenters. The second-order valence-corrected chi connectivity index (χ2v) is 6.46. The van der Waals surface area contributed by atoms with Gasteiger partial charge in [-0.25, -0.2) is 4.79 Å². The van der Waals surface area contributed by atoms with Crippen molar-refractivity contribution in [3.63, 3.8) is 0 Å². The van der Waals surface area contributed by atoms with E-state index >= 15 is 0 Å². The lowest BCUT2D eigenvalue weighted by atomic mass is 10.1. The van der Waals surface area contributed by atoms with E-state index in [1.165, 1.54) is 11.8 Å². The molecule has 0 aromatic carbocycles. The molecule has 0 spiro atoms. The molecule has 154 valence electrons. The van der Waals surface area contributed by atoms with Gasteiger partial charge in [0.25, 0.3) is 0 Å². The van der Waals surface area contributed by atoms with Crippen LogP contribution in [0.5, 0.6) is 0 Å². The van der Waals surface area contributed by atoms with Crippen molar-refractivity contribution in [2.45, 2.75) is 31.0 Å². The van der Waals surface area contributed by atoms with Crippen molar-refractivity contribution < 1.29 is 34.2 Å². The largest absolute Gasteiger partial charge is 0.480 e. The van der Waals surface area contributed by atoms with Crippen LogP contribution in [0, 0.1) is 0 Å². The van der Waals surface area contributed by atoms with Crippen LogP contribution in [0.2, 0.25) is 0 Å². The Balaban J connectivity index is 4.73. The molecule has 0 aliphatic carbocycles. The van der Waals surface area contributed by atoms with Gasteiger partial charge in [-0.3, -0.25) is 19.2 Å². The summed E-state index contributed by atoms with van der Waals surface area (Å²) in [6.07, 6.45) is 1.64. The molecule has 0 aromatic rings. The van der Waals surface area contributed by atoms with Gasteiger partial charge in [0.05, 0.1) is 25.6 Å².